The van der Waals surface area contributed by atoms with Gasteiger partial charge in [-0.25, -0.2) is 17.5 Å². The minimum absolute atomic E-state index is 0.151. The Morgan fingerprint density at radius 3 is 2.14 bits per heavy atom. The van der Waals surface area contributed by atoms with Crippen molar-refractivity contribution < 1.29 is 17.6 Å². The minimum Gasteiger partial charge on any atom is -0.355 e. The number of hydrogen-bond donors (Lipinski definition) is 2. The molecule has 1 aliphatic carbocycles. The van der Waals surface area contributed by atoms with Crippen molar-refractivity contribution in [1.82, 2.24) is 10.0 Å². The van der Waals surface area contributed by atoms with Gasteiger partial charge in [-0.3, -0.25) is 4.79 Å². The van der Waals surface area contributed by atoms with E-state index < -0.39 is 27.0 Å². The molecule has 0 radical (unpaired) electrons. The molecule has 0 spiro atoms. The number of nitrogens with one attached hydrogen (secondary N) is 2. The second kappa shape index (κ2) is 8.24. The van der Waals surface area contributed by atoms with Crippen molar-refractivity contribution in [3.05, 3.63) is 59.7 Å². The molecule has 1 amide bonds. The molecular weight excluding hydrogens is 391 g/mol. The standard InChI is InChI=1S/C22H27FN2O3S/c1-15(2)29(27,28)25-20-5-4-14-22(20,23)19-12-10-17(11-13-19)16-6-8-18(9-7-16)21(26)24-3/h6-13,15,20,25H,4-5,14H2,1-3H3,(H,24,26)/t20-,22-/m0/s1. The lowest BCUT2D eigenvalue weighted by atomic mass is 9.89. The van der Waals surface area contributed by atoms with Gasteiger partial charge in [-0.15, -0.1) is 0 Å². The molecule has 156 valence electrons. The van der Waals surface area contributed by atoms with E-state index in [-0.39, 0.29) is 5.91 Å². The molecule has 1 fully saturated rings. The highest BCUT2D eigenvalue weighted by Crippen LogP contribution is 2.43. The molecule has 2 atom stereocenters. The summed E-state index contributed by atoms with van der Waals surface area (Å²) in [4.78, 5) is 11.7. The first kappa shape index (κ1) is 21.5. The minimum atomic E-state index is -3.55. The average molecular weight is 419 g/mol. The van der Waals surface area contributed by atoms with E-state index >= 15 is 4.39 Å². The summed E-state index contributed by atoms with van der Waals surface area (Å²) in [5.41, 5.74) is 1.15. The highest BCUT2D eigenvalue weighted by atomic mass is 32.2. The third-order valence-corrected chi connectivity index (χ3v) is 7.44. The molecule has 0 saturated heterocycles. The SMILES string of the molecule is CNC(=O)c1ccc(-c2ccc([C@@]3(F)CCC[C@@H]3NS(=O)(=O)C(C)C)cc2)cc1. The number of carbonyl (C=O) groups is 1. The summed E-state index contributed by atoms with van der Waals surface area (Å²) in [5.74, 6) is -0.151. The van der Waals surface area contributed by atoms with Gasteiger partial charge in [0.25, 0.3) is 5.91 Å². The van der Waals surface area contributed by atoms with Crippen LogP contribution >= 0.6 is 0 Å². The van der Waals surface area contributed by atoms with E-state index in [2.05, 4.69) is 10.0 Å². The van der Waals surface area contributed by atoms with Crippen LogP contribution in [0.3, 0.4) is 0 Å². The lowest BCUT2D eigenvalue weighted by molar-refractivity contribution is 0.0963. The van der Waals surface area contributed by atoms with Crippen LogP contribution < -0.4 is 10.0 Å². The van der Waals surface area contributed by atoms with Crippen molar-refractivity contribution in [2.45, 2.75) is 50.1 Å². The summed E-state index contributed by atoms with van der Waals surface area (Å²) in [6.45, 7) is 3.17. The zero-order valence-corrected chi connectivity index (χ0v) is 17.7. The molecule has 0 aliphatic heterocycles. The first-order valence-electron chi connectivity index (χ1n) is 9.80. The molecule has 2 aromatic rings. The van der Waals surface area contributed by atoms with E-state index in [0.29, 0.717) is 30.4 Å². The zero-order chi connectivity index (χ0) is 21.2. The Hall–Kier alpha value is -2.25. The van der Waals surface area contributed by atoms with Crippen LogP contribution in [-0.4, -0.2) is 32.7 Å². The predicted octanol–water partition coefficient (Wildman–Crippen LogP) is 3.76. The molecule has 0 aromatic heterocycles. The summed E-state index contributed by atoms with van der Waals surface area (Å²) in [6, 6.07) is 13.5. The molecule has 2 N–H and O–H groups in total. The maximum absolute atomic E-state index is 15.8. The highest BCUT2D eigenvalue weighted by molar-refractivity contribution is 7.90. The average Bonchev–Trinajstić information content (AvgIpc) is 3.08. The van der Waals surface area contributed by atoms with Crippen LogP contribution in [0.15, 0.2) is 48.5 Å². The molecule has 0 bridgehead atoms. The van der Waals surface area contributed by atoms with Crippen LogP contribution in [0.1, 0.15) is 49.0 Å². The number of amides is 1. The number of alkyl halides is 1. The summed E-state index contributed by atoms with van der Waals surface area (Å²) in [6.07, 6.45) is 1.40. The van der Waals surface area contributed by atoms with E-state index in [1.165, 1.54) is 0 Å². The number of carbonyl (C=O) groups excluding carboxylic acids is 1. The van der Waals surface area contributed by atoms with Crippen LogP contribution in [0.2, 0.25) is 0 Å². The van der Waals surface area contributed by atoms with E-state index in [1.807, 2.05) is 24.3 Å². The molecule has 2 aromatic carbocycles. The summed E-state index contributed by atoms with van der Waals surface area (Å²) >= 11 is 0. The van der Waals surface area contributed by atoms with Gasteiger partial charge in [-0.1, -0.05) is 36.4 Å². The van der Waals surface area contributed by atoms with Gasteiger partial charge in [-0.2, -0.15) is 0 Å². The van der Waals surface area contributed by atoms with Crippen molar-refractivity contribution in [3.8, 4) is 11.1 Å². The lowest BCUT2D eigenvalue weighted by Crippen LogP contribution is -2.46. The van der Waals surface area contributed by atoms with Crippen LogP contribution in [0.25, 0.3) is 11.1 Å². The maximum atomic E-state index is 15.8. The van der Waals surface area contributed by atoms with Crippen molar-refractivity contribution in [3.63, 3.8) is 0 Å². The van der Waals surface area contributed by atoms with E-state index in [1.54, 1.807) is 45.2 Å². The van der Waals surface area contributed by atoms with Gasteiger partial charge in [0.1, 0.15) is 0 Å². The molecule has 5 nitrogen and oxygen atoms in total. The second-order valence-electron chi connectivity index (χ2n) is 7.75. The van der Waals surface area contributed by atoms with Gasteiger partial charge in [0.2, 0.25) is 10.0 Å². The summed E-state index contributed by atoms with van der Waals surface area (Å²) < 4.78 is 42.9. The third kappa shape index (κ3) is 4.36. The van der Waals surface area contributed by atoms with E-state index in [4.69, 9.17) is 0 Å². The van der Waals surface area contributed by atoms with Crippen LogP contribution in [-0.2, 0) is 15.7 Å². The molecule has 29 heavy (non-hydrogen) atoms. The Morgan fingerprint density at radius 1 is 1.07 bits per heavy atom. The Labute approximate surface area is 171 Å². The molecule has 0 unspecified atom stereocenters. The first-order valence-corrected chi connectivity index (χ1v) is 11.3. The lowest BCUT2D eigenvalue weighted by Gasteiger charge is -2.29. The molecule has 1 saturated carbocycles. The quantitative estimate of drug-likeness (QED) is 0.750. The van der Waals surface area contributed by atoms with Crippen LogP contribution in [0.5, 0.6) is 0 Å². The molecule has 7 heteroatoms. The third-order valence-electron chi connectivity index (χ3n) is 5.59. The van der Waals surface area contributed by atoms with Gasteiger partial charge in [0.05, 0.1) is 11.3 Å². The Kier molecular flexibility index (Phi) is 6.10. The summed E-state index contributed by atoms with van der Waals surface area (Å²) in [5, 5.41) is 1.98. The number of halogens is 1. The predicted molar refractivity (Wildman–Crippen MR) is 113 cm³/mol. The Bertz CT molecular complexity index is 972. The van der Waals surface area contributed by atoms with E-state index in [9.17, 15) is 13.2 Å². The largest absolute Gasteiger partial charge is 0.355 e. The maximum Gasteiger partial charge on any atom is 0.251 e. The fourth-order valence-electron chi connectivity index (χ4n) is 3.70. The Balaban J connectivity index is 1.82. The number of benzene rings is 2. The number of sulfonamides is 1. The monoisotopic (exact) mass is 418 g/mol. The number of hydrogen-bond acceptors (Lipinski definition) is 3. The van der Waals surface area contributed by atoms with Crippen molar-refractivity contribution >= 4 is 15.9 Å². The number of rotatable bonds is 6. The smallest absolute Gasteiger partial charge is 0.251 e. The van der Waals surface area contributed by atoms with Gasteiger partial charge < -0.3 is 5.32 Å². The van der Waals surface area contributed by atoms with Crippen molar-refractivity contribution in [2.24, 2.45) is 0 Å². The fourth-order valence-corrected chi connectivity index (χ4v) is 4.67. The first-order chi connectivity index (χ1) is 13.7. The molecule has 1 aliphatic rings. The van der Waals surface area contributed by atoms with Gasteiger partial charge >= 0.3 is 0 Å². The van der Waals surface area contributed by atoms with Crippen molar-refractivity contribution in [2.75, 3.05) is 7.05 Å². The normalized spacial score (nSPS) is 22.0. The van der Waals surface area contributed by atoms with Gasteiger partial charge in [-0.05, 0) is 61.9 Å². The fraction of sp³-hybridized carbons (Fsp3) is 0.409. The highest BCUT2D eigenvalue weighted by Gasteiger charge is 2.46. The van der Waals surface area contributed by atoms with Crippen LogP contribution in [0, 0.1) is 0 Å². The zero-order valence-electron chi connectivity index (χ0n) is 16.9. The molecule has 3 rings (SSSR count). The van der Waals surface area contributed by atoms with E-state index in [0.717, 1.165) is 11.1 Å². The molecular formula is C22H27FN2O3S. The Morgan fingerprint density at radius 2 is 1.62 bits per heavy atom. The second-order valence-corrected chi connectivity index (χ2v) is 10.0. The van der Waals surface area contributed by atoms with Gasteiger partial charge in [0, 0.05) is 12.6 Å². The summed E-state index contributed by atoms with van der Waals surface area (Å²) in [7, 11) is -1.97. The topological polar surface area (TPSA) is 75.3 Å². The van der Waals surface area contributed by atoms with Gasteiger partial charge in [0.15, 0.2) is 5.67 Å². The molecule has 0 heterocycles. The van der Waals surface area contributed by atoms with Crippen molar-refractivity contribution in [1.29, 1.82) is 0 Å². The van der Waals surface area contributed by atoms with Crippen LogP contribution in [0.4, 0.5) is 4.39 Å².